The highest BCUT2D eigenvalue weighted by molar-refractivity contribution is 5.97. The third-order valence-corrected chi connectivity index (χ3v) is 3.75. The van der Waals surface area contributed by atoms with E-state index >= 15 is 0 Å². The van der Waals surface area contributed by atoms with Gasteiger partial charge in [-0.1, -0.05) is 12.1 Å². The monoisotopic (exact) mass is 396 g/mol. The summed E-state index contributed by atoms with van der Waals surface area (Å²) in [5.74, 6) is -1.83. The molecule has 148 valence electrons. The number of benzene rings is 2. The maximum Gasteiger partial charge on any atom is 0.416 e. The summed E-state index contributed by atoms with van der Waals surface area (Å²) in [7, 11) is 0. The van der Waals surface area contributed by atoms with Crippen molar-refractivity contribution in [2.45, 2.75) is 26.1 Å². The Morgan fingerprint density at radius 3 is 2.46 bits per heavy atom. The smallest absolute Gasteiger partial charge is 0.416 e. The number of nitrogens with one attached hydrogen (secondary N) is 1. The van der Waals surface area contributed by atoms with Crippen LogP contribution in [0.2, 0.25) is 0 Å². The Balaban J connectivity index is 2.07. The second-order valence-electron chi connectivity index (χ2n) is 5.87. The molecule has 1 unspecified atom stereocenters. The number of nitro benzene ring substituents is 1. The van der Waals surface area contributed by atoms with E-state index < -0.39 is 34.6 Å². The molecule has 0 aliphatic rings. The summed E-state index contributed by atoms with van der Waals surface area (Å²) < 4.78 is 43.1. The molecule has 0 heterocycles. The van der Waals surface area contributed by atoms with Crippen LogP contribution in [0.4, 0.5) is 24.5 Å². The van der Waals surface area contributed by atoms with Crippen LogP contribution in [0.1, 0.15) is 28.4 Å². The van der Waals surface area contributed by atoms with Crippen LogP contribution in [-0.4, -0.2) is 22.9 Å². The molecule has 0 aliphatic heterocycles. The molecule has 0 aliphatic carbocycles. The summed E-state index contributed by atoms with van der Waals surface area (Å²) in [5, 5.41) is 13.2. The normalized spacial score (nSPS) is 12.2. The average molecular weight is 396 g/mol. The minimum atomic E-state index is -4.57. The predicted octanol–water partition coefficient (Wildman–Crippen LogP) is 4.11. The van der Waals surface area contributed by atoms with Crippen molar-refractivity contribution in [2.24, 2.45) is 0 Å². The summed E-state index contributed by atoms with van der Waals surface area (Å²) in [6.07, 6.45) is -5.92. The number of nitrogens with zero attached hydrogens (tertiary/aromatic N) is 1. The van der Waals surface area contributed by atoms with E-state index in [-0.39, 0.29) is 16.9 Å². The highest BCUT2D eigenvalue weighted by atomic mass is 19.4. The van der Waals surface area contributed by atoms with Gasteiger partial charge in [-0.25, -0.2) is 4.79 Å². The number of esters is 1. The van der Waals surface area contributed by atoms with Gasteiger partial charge < -0.3 is 10.1 Å². The summed E-state index contributed by atoms with van der Waals surface area (Å²) in [6, 6.07) is 7.67. The van der Waals surface area contributed by atoms with E-state index in [1.54, 1.807) is 0 Å². The number of hydrogen-bond acceptors (Lipinski definition) is 5. The van der Waals surface area contributed by atoms with Gasteiger partial charge in [0.2, 0.25) is 0 Å². The number of carbonyl (C=O) groups is 2. The van der Waals surface area contributed by atoms with E-state index in [2.05, 4.69) is 5.32 Å². The molecule has 2 rings (SSSR count). The maximum atomic E-state index is 12.7. The van der Waals surface area contributed by atoms with Crippen molar-refractivity contribution in [3.05, 3.63) is 69.3 Å². The number of carbonyl (C=O) groups excluding carboxylic acids is 2. The fraction of sp³-hybridized carbons (Fsp3) is 0.222. The Hall–Kier alpha value is -3.43. The molecular weight excluding hydrogens is 381 g/mol. The third-order valence-electron chi connectivity index (χ3n) is 3.75. The van der Waals surface area contributed by atoms with Gasteiger partial charge in [-0.15, -0.1) is 0 Å². The molecule has 2 aromatic carbocycles. The Morgan fingerprint density at radius 2 is 1.86 bits per heavy atom. The molecule has 1 N–H and O–H groups in total. The van der Waals surface area contributed by atoms with Gasteiger partial charge in [-0.05, 0) is 38.1 Å². The van der Waals surface area contributed by atoms with Gasteiger partial charge in [0.25, 0.3) is 11.6 Å². The van der Waals surface area contributed by atoms with Crippen LogP contribution in [0.3, 0.4) is 0 Å². The van der Waals surface area contributed by atoms with Crippen molar-refractivity contribution in [2.75, 3.05) is 5.32 Å². The first-order valence-electron chi connectivity index (χ1n) is 7.93. The molecule has 0 saturated heterocycles. The quantitative estimate of drug-likeness (QED) is 0.466. The van der Waals surface area contributed by atoms with E-state index in [0.717, 1.165) is 24.3 Å². The third kappa shape index (κ3) is 5.06. The number of ether oxygens (including phenoxy) is 1. The fourth-order valence-corrected chi connectivity index (χ4v) is 2.23. The van der Waals surface area contributed by atoms with E-state index in [0.29, 0.717) is 5.56 Å². The van der Waals surface area contributed by atoms with Crippen LogP contribution < -0.4 is 5.32 Å². The number of anilines is 1. The van der Waals surface area contributed by atoms with Crippen molar-refractivity contribution in [1.82, 2.24) is 0 Å². The van der Waals surface area contributed by atoms with Crippen LogP contribution >= 0.6 is 0 Å². The molecule has 7 nitrogen and oxygen atoms in total. The van der Waals surface area contributed by atoms with Gasteiger partial charge in [0.15, 0.2) is 6.10 Å². The molecule has 28 heavy (non-hydrogen) atoms. The van der Waals surface area contributed by atoms with Crippen molar-refractivity contribution in [3.63, 3.8) is 0 Å². The lowest BCUT2D eigenvalue weighted by Crippen LogP contribution is -2.30. The lowest BCUT2D eigenvalue weighted by molar-refractivity contribution is -0.385. The highest BCUT2D eigenvalue weighted by Gasteiger charge is 2.30. The SMILES string of the molecule is Cc1ccc(C(=O)OC(C)C(=O)Nc2cccc(C(F)(F)F)c2)cc1[N+](=O)[O-]. The number of aryl methyl sites for hydroxylation is 1. The molecule has 10 heteroatoms. The van der Waals surface area contributed by atoms with Gasteiger partial charge in [-0.2, -0.15) is 13.2 Å². The minimum Gasteiger partial charge on any atom is -0.449 e. The van der Waals surface area contributed by atoms with Crippen molar-refractivity contribution < 1.29 is 32.4 Å². The molecule has 0 bridgehead atoms. The van der Waals surface area contributed by atoms with Crippen LogP contribution in [-0.2, 0) is 15.7 Å². The van der Waals surface area contributed by atoms with Crippen molar-refractivity contribution >= 4 is 23.3 Å². The number of alkyl halides is 3. The lowest BCUT2D eigenvalue weighted by atomic mass is 10.1. The van der Waals surface area contributed by atoms with Gasteiger partial charge in [0, 0.05) is 17.3 Å². The molecular formula is C18H15F3N2O5. The second-order valence-corrected chi connectivity index (χ2v) is 5.87. The van der Waals surface area contributed by atoms with Crippen molar-refractivity contribution in [3.8, 4) is 0 Å². The Morgan fingerprint density at radius 1 is 1.18 bits per heavy atom. The van der Waals surface area contributed by atoms with Gasteiger partial charge in [-0.3, -0.25) is 14.9 Å². The molecule has 0 spiro atoms. The van der Waals surface area contributed by atoms with E-state index in [4.69, 9.17) is 4.74 Å². The van der Waals surface area contributed by atoms with Crippen LogP contribution in [0, 0.1) is 17.0 Å². The standard InChI is InChI=1S/C18H15F3N2O5/c1-10-6-7-12(8-15(10)23(26)27)17(25)28-11(2)16(24)22-14-5-3-4-13(9-14)18(19,20)21/h3-9,11H,1-2H3,(H,22,24). The first kappa shape index (κ1) is 20.9. The highest BCUT2D eigenvalue weighted by Crippen LogP contribution is 2.30. The fourth-order valence-electron chi connectivity index (χ4n) is 2.23. The second kappa shape index (κ2) is 8.07. The average Bonchev–Trinajstić information content (AvgIpc) is 2.61. The van der Waals surface area contributed by atoms with Gasteiger partial charge >= 0.3 is 12.1 Å². The van der Waals surface area contributed by atoms with E-state index in [1.807, 2.05) is 0 Å². The topological polar surface area (TPSA) is 98.5 Å². The van der Waals surface area contributed by atoms with Gasteiger partial charge in [0.1, 0.15) is 0 Å². The zero-order valence-electron chi connectivity index (χ0n) is 14.7. The van der Waals surface area contributed by atoms with Crippen LogP contribution in [0.25, 0.3) is 0 Å². The maximum absolute atomic E-state index is 12.7. The molecule has 2 aromatic rings. The Kier molecular flexibility index (Phi) is 6.02. The summed E-state index contributed by atoms with van der Waals surface area (Å²) in [5.41, 5.74) is -1.13. The Labute approximate surface area is 157 Å². The zero-order chi connectivity index (χ0) is 21.1. The molecule has 0 saturated carbocycles. The molecule has 1 amide bonds. The predicted molar refractivity (Wildman–Crippen MR) is 92.8 cm³/mol. The largest absolute Gasteiger partial charge is 0.449 e. The Bertz CT molecular complexity index is 928. The molecule has 0 aromatic heterocycles. The summed E-state index contributed by atoms with van der Waals surface area (Å²) >= 11 is 0. The molecule has 1 atom stereocenters. The van der Waals surface area contributed by atoms with Crippen LogP contribution in [0.5, 0.6) is 0 Å². The number of amides is 1. The summed E-state index contributed by atoms with van der Waals surface area (Å²) in [4.78, 5) is 34.5. The number of rotatable bonds is 5. The van der Waals surface area contributed by atoms with E-state index in [9.17, 15) is 32.9 Å². The zero-order valence-corrected chi connectivity index (χ0v) is 14.7. The lowest BCUT2D eigenvalue weighted by Gasteiger charge is -2.14. The van der Waals surface area contributed by atoms with Gasteiger partial charge in [0.05, 0.1) is 16.1 Å². The molecule has 0 radical (unpaired) electrons. The van der Waals surface area contributed by atoms with E-state index in [1.165, 1.54) is 32.0 Å². The molecule has 0 fully saturated rings. The number of nitro groups is 1. The first-order chi connectivity index (χ1) is 13.0. The van der Waals surface area contributed by atoms with Crippen LogP contribution in [0.15, 0.2) is 42.5 Å². The summed E-state index contributed by atoms with van der Waals surface area (Å²) in [6.45, 7) is 2.72. The number of hydrogen-bond donors (Lipinski definition) is 1. The van der Waals surface area contributed by atoms with Crippen molar-refractivity contribution in [1.29, 1.82) is 0 Å². The minimum absolute atomic E-state index is 0.117. The number of halogens is 3. The first-order valence-corrected chi connectivity index (χ1v) is 7.93.